The van der Waals surface area contributed by atoms with Crippen molar-refractivity contribution in [1.29, 1.82) is 0 Å². The minimum absolute atomic E-state index is 0.332. The minimum atomic E-state index is 0.332. The molecule has 2 fully saturated rings. The predicted octanol–water partition coefficient (Wildman–Crippen LogP) is 2.78. The van der Waals surface area contributed by atoms with Crippen molar-refractivity contribution in [3.63, 3.8) is 0 Å². The third kappa shape index (κ3) is 7.09. The lowest BCUT2D eigenvalue weighted by Gasteiger charge is -2.36. The Morgan fingerprint density at radius 2 is 1.87 bits per heavy atom. The zero-order valence-corrected chi connectivity index (χ0v) is 19.5. The highest BCUT2D eigenvalue weighted by Crippen LogP contribution is 2.26. The van der Waals surface area contributed by atoms with Crippen LogP contribution in [0.4, 0.5) is 0 Å². The van der Waals surface area contributed by atoms with Crippen molar-refractivity contribution < 1.29 is 14.2 Å². The minimum Gasteiger partial charge on any atom is -0.497 e. The summed E-state index contributed by atoms with van der Waals surface area (Å²) in [6, 6.07) is 8.86. The Labute approximate surface area is 187 Å². The fraction of sp³-hybridized carbons (Fsp3) is 0.708. The summed E-state index contributed by atoms with van der Waals surface area (Å²) in [7, 11) is 5.31. The third-order valence-electron chi connectivity index (χ3n) is 6.37. The first-order chi connectivity index (χ1) is 15.2. The van der Waals surface area contributed by atoms with E-state index in [9.17, 15) is 0 Å². The lowest BCUT2D eigenvalue weighted by Crippen LogP contribution is -2.45. The fourth-order valence-electron chi connectivity index (χ4n) is 4.59. The number of rotatable bonds is 10. The number of hydrogen-bond donors (Lipinski definition) is 1. The molecule has 2 aliphatic rings. The summed E-state index contributed by atoms with van der Waals surface area (Å²) in [5.74, 6) is 2.45. The summed E-state index contributed by atoms with van der Waals surface area (Å²) in [6.07, 6.45) is 5.03. The summed E-state index contributed by atoms with van der Waals surface area (Å²) >= 11 is 0. The second kappa shape index (κ2) is 12.9. The number of piperidine rings is 1. The van der Waals surface area contributed by atoms with Gasteiger partial charge in [0.25, 0.3) is 0 Å². The molecule has 0 saturated carbocycles. The van der Waals surface area contributed by atoms with E-state index in [2.05, 4.69) is 44.4 Å². The normalized spacial score (nSPS) is 21.3. The van der Waals surface area contributed by atoms with Crippen LogP contribution >= 0.6 is 0 Å². The van der Waals surface area contributed by atoms with Gasteiger partial charge < -0.3 is 24.4 Å². The van der Waals surface area contributed by atoms with Crippen LogP contribution in [0.15, 0.2) is 29.3 Å². The summed E-state index contributed by atoms with van der Waals surface area (Å²) in [5, 5.41) is 3.67. The Kier molecular flexibility index (Phi) is 9.90. The molecule has 31 heavy (non-hydrogen) atoms. The molecule has 1 aromatic carbocycles. The second-order valence-corrected chi connectivity index (χ2v) is 8.48. The first-order valence-electron chi connectivity index (χ1n) is 11.7. The molecule has 2 atom stereocenters. The van der Waals surface area contributed by atoms with Crippen LogP contribution in [0.3, 0.4) is 0 Å². The van der Waals surface area contributed by atoms with Gasteiger partial charge in [-0.2, -0.15) is 0 Å². The smallest absolute Gasteiger partial charge is 0.193 e. The summed E-state index contributed by atoms with van der Waals surface area (Å²) in [6.45, 7) is 7.29. The van der Waals surface area contributed by atoms with Gasteiger partial charge >= 0.3 is 0 Å². The van der Waals surface area contributed by atoms with Crippen molar-refractivity contribution in [2.45, 2.75) is 31.7 Å². The molecule has 2 aliphatic heterocycles. The molecule has 2 heterocycles. The molecule has 2 saturated heterocycles. The lowest BCUT2D eigenvalue weighted by molar-refractivity contribution is 0.0536. The molecule has 0 amide bonds. The molecular formula is C24H40N4O3. The zero-order valence-electron chi connectivity index (χ0n) is 19.5. The highest BCUT2D eigenvalue weighted by Gasteiger charge is 2.27. The lowest BCUT2D eigenvalue weighted by atomic mass is 10.0. The Hall–Kier alpha value is -1.83. The van der Waals surface area contributed by atoms with E-state index in [1.54, 1.807) is 14.2 Å². The zero-order chi connectivity index (χ0) is 21.9. The first-order valence-corrected chi connectivity index (χ1v) is 11.7. The summed E-state index contributed by atoms with van der Waals surface area (Å²) in [4.78, 5) is 9.56. The number of nitrogens with one attached hydrogen (secondary N) is 1. The van der Waals surface area contributed by atoms with Gasteiger partial charge in [0.2, 0.25) is 0 Å². The van der Waals surface area contributed by atoms with Crippen LogP contribution in [0.5, 0.6) is 5.75 Å². The topological polar surface area (TPSA) is 58.6 Å². The van der Waals surface area contributed by atoms with Crippen LogP contribution in [0.2, 0.25) is 0 Å². The molecule has 7 heteroatoms. The van der Waals surface area contributed by atoms with Gasteiger partial charge in [-0.25, -0.2) is 0 Å². The number of hydrogen-bond acceptors (Lipinski definition) is 5. The molecule has 2 unspecified atom stereocenters. The highest BCUT2D eigenvalue weighted by molar-refractivity contribution is 5.80. The number of methoxy groups -OCH3 is 2. The van der Waals surface area contributed by atoms with Crippen LogP contribution in [0, 0.1) is 5.92 Å². The predicted molar refractivity (Wildman–Crippen MR) is 125 cm³/mol. The number of aliphatic imine (C=N–C) groups is 1. The largest absolute Gasteiger partial charge is 0.497 e. The van der Waals surface area contributed by atoms with Gasteiger partial charge in [-0.05, 0) is 50.0 Å². The van der Waals surface area contributed by atoms with E-state index in [0.717, 1.165) is 57.5 Å². The SMILES string of the molecule is CN=C(NCC(c1ccc(OC)cc1)N1CCCCC1)N1CCC(COCCOC)C1. The van der Waals surface area contributed by atoms with Crippen LogP contribution in [0.25, 0.3) is 0 Å². The van der Waals surface area contributed by atoms with E-state index in [1.165, 1.54) is 24.8 Å². The van der Waals surface area contributed by atoms with E-state index in [1.807, 2.05) is 7.05 Å². The summed E-state index contributed by atoms with van der Waals surface area (Å²) < 4.78 is 16.2. The first kappa shape index (κ1) is 23.8. The van der Waals surface area contributed by atoms with Crippen molar-refractivity contribution in [3.8, 4) is 5.75 Å². The van der Waals surface area contributed by atoms with E-state index < -0.39 is 0 Å². The van der Waals surface area contributed by atoms with Crippen molar-refractivity contribution in [2.24, 2.45) is 10.9 Å². The maximum Gasteiger partial charge on any atom is 0.193 e. The van der Waals surface area contributed by atoms with Crippen LogP contribution < -0.4 is 10.1 Å². The van der Waals surface area contributed by atoms with E-state index in [4.69, 9.17) is 14.2 Å². The van der Waals surface area contributed by atoms with Crippen molar-refractivity contribution in [1.82, 2.24) is 15.1 Å². The molecule has 0 aliphatic carbocycles. The van der Waals surface area contributed by atoms with Crippen LogP contribution in [-0.2, 0) is 9.47 Å². The van der Waals surface area contributed by atoms with Crippen molar-refractivity contribution in [2.75, 3.05) is 73.8 Å². The molecule has 0 bridgehead atoms. The second-order valence-electron chi connectivity index (χ2n) is 8.48. The summed E-state index contributed by atoms with van der Waals surface area (Å²) in [5.41, 5.74) is 1.33. The molecular weight excluding hydrogens is 392 g/mol. The maximum absolute atomic E-state index is 5.75. The van der Waals surface area contributed by atoms with Gasteiger partial charge in [-0.1, -0.05) is 18.6 Å². The standard InChI is InChI=1S/C24H40N4O3/c1-25-24(28-14-11-20(18-28)19-31-16-15-29-2)26-17-23(27-12-5-4-6-13-27)21-7-9-22(30-3)10-8-21/h7-10,20,23H,4-6,11-19H2,1-3H3,(H,25,26). The van der Waals surface area contributed by atoms with Gasteiger partial charge in [0.1, 0.15) is 5.75 Å². The van der Waals surface area contributed by atoms with E-state index in [-0.39, 0.29) is 0 Å². The Bertz CT molecular complexity index is 661. The van der Waals surface area contributed by atoms with Crippen LogP contribution in [-0.4, -0.2) is 89.6 Å². The average molecular weight is 433 g/mol. The van der Waals surface area contributed by atoms with E-state index in [0.29, 0.717) is 25.2 Å². The number of ether oxygens (including phenoxy) is 3. The molecule has 1 N–H and O–H groups in total. The van der Waals surface area contributed by atoms with Gasteiger partial charge in [-0.15, -0.1) is 0 Å². The van der Waals surface area contributed by atoms with Crippen LogP contribution in [0.1, 0.15) is 37.3 Å². The Balaban J connectivity index is 1.57. The number of nitrogens with zero attached hydrogens (tertiary/aromatic N) is 3. The molecule has 1 aromatic rings. The molecule has 0 aromatic heterocycles. The third-order valence-corrected chi connectivity index (χ3v) is 6.37. The van der Waals surface area contributed by atoms with Crippen molar-refractivity contribution in [3.05, 3.63) is 29.8 Å². The van der Waals surface area contributed by atoms with Gasteiger partial charge in [0.15, 0.2) is 5.96 Å². The molecule has 0 radical (unpaired) electrons. The molecule has 3 rings (SSSR count). The van der Waals surface area contributed by atoms with Crippen molar-refractivity contribution >= 4 is 5.96 Å². The Morgan fingerprint density at radius 3 is 2.55 bits per heavy atom. The van der Waals surface area contributed by atoms with Gasteiger partial charge in [-0.3, -0.25) is 9.89 Å². The number of benzene rings is 1. The van der Waals surface area contributed by atoms with Gasteiger partial charge in [0.05, 0.1) is 33.0 Å². The number of likely N-dealkylation sites (tertiary alicyclic amines) is 2. The quantitative estimate of drug-likeness (QED) is 0.349. The fourth-order valence-corrected chi connectivity index (χ4v) is 4.59. The molecule has 0 spiro atoms. The van der Waals surface area contributed by atoms with Gasteiger partial charge in [0, 0.05) is 39.7 Å². The number of guanidine groups is 1. The molecule has 7 nitrogen and oxygen atoms in total. The molecule has 174 valence electrons. The average Bonchev–Trinajstić information content (AvgIpc) is 3.29. The maximum atomic E-state index is 5.75. The monoisotopic (exact) mass is 432 g/mol. The Morgan fingerprint density at radius 1 is 1.10 bits per heavy atom. The highest BCUT2D eigenvalue weighted by atomic mass is 16.5. The van der Waals surface area contributed by atoms with E-state index >= 15 is 0 Å².